The second-order valence-corrected chi connectivity index (χ2v) is 17.5. The molecule has 9 rings (SSSR count). The molecular weight excluding hydrogens is 605 g/mol. The minimum Gasteiger partial charge on any atom is -0.318 e. The standard InChI is InChI=1S/C44H54NO2P/c1-29(35-23-11-17-31-13-3-7-19-37(31)35)45(30(2)36-24-12-18-32-14-4-8-20-38(32)36)48-46-41-27-25-33-15-5-9-21-39(33)43(41)44-40-22-10-6-16-34(40)26-28-42(44)47-48/h3-4,7-8,11-14,17-20,23-24,29-30,33-34,39-44H,5-6,9-10,15-16,21-22,25-28H2,1-2H3/t29-,30-,33?,34?,39?,40?,41?,42?,43?,44?,48?/m0/s1. The van der Waals surface area contributed by atoms with Gasteiger partial charge in [-0.1, -0.05) is 123 Å². The minimum absolute atomic E-state index is 0.128. The molecule has 252 valence electrons. The van der Waals surface area contributed by atoms with Crippen LogP contribution in [0, 0.1) is 35.5 Å². The Balaban J connectivity index is 1.16. The van der Waals surface area contributed by atoms with E-state index >= 15 is 0 Å². The van der Waals surface area contributed by atoms with Crippen molar-refractivity contribution in [1.82, 2.24) is 4.67 Å². The van der Waals surface area contributed by atoms with E-state index in [0.717, 1.165) is 23.7 Å². The minimum atomic E-state index is -1.30. The first-order valence-corrected chi connectivity index (χ1v) is 20.7. The molecule has 4 aromatic carbocycles. The topological polar surface area (TPSA) is 21.7 Å². The highest BCUT2D eigenvalue weighted by Crippen LogP contribution is 2.65. The summed E-state index contributed by atoms with van der Waals surface area (Å²) in [6.07, 6.45) is 17.1. The zero-order valence-corrected chi connectivity index (χ0v) is 29.9. The number of benzene rings is 4. The first kappa shape index (κ1) is 31.7. The lowest BCUT2D eigenvalue weighted by Crippen LogP contribution is -2.51. The molecule has 0 spiro atoms. The summed E-state index contributed by atoms with van der Waals surface area (Å²) in [5, 5.41) is 5.30. The molecule has 8 unspecified atom stereocenters. The van der Waals surface area contributed by atoms with Gasteiger partial charge in [-0.25, -0.2) is 4.67 Å². The molecule has 4 aliphatic carbocycles. The normalized spacial score (nSPS) is 34.8. The SMILES string of the molecule is C[C@@H](c1cccc2ccccc12)N([C@@H](C)c1cccc2ccccc12)P1OC2CCC3CCCCC3C2C2C(CCC3CCCCC32)O1. The Bertz CT molecular complexity index is 1600. The molecule has 1 aliphatic heterocycles. The third-order valence-electron chi connectivity index (χ3n) is 13.9. The Morgan fingerprint density at radius 3 is 1.46 bits per heavy atom. The molecule has 0 bridgehead atoms. The van der Waals surface area contributed by atoms with Crippen LogP contribution in [0.25, 0.3) is 21.5 Å². The fourth-order valence-electron chi connectivity index (χ4n) is 11.7. The number of fused-ring (bicyclic) bond motifs is 9. The molecule has 0 aromatic heterocycles. The third-order valence-corrected chi connectivity index (χ3v) is 15.8. The van der Waals surface area contributed by atoms with Crippen molar-refractivity contribution >= 4 is 30.1 Å². The van der Waals surface area contributed by atoms with E-state index in [9.17, 15) is 0 Å². The molecule has 5 fully saturated rings. The molecular formula is C44H54NO2P. The second kappa shape index (κ2) is 13.4. The Morgan fingerprint density at radius 2 is 0.958 bits per heavy atom. The van der Waals surface area contributed by atoms with Gasteiger partial charge in [-0.15, -0.1) is 0 Å². The summed E-state index contributed by atoms with van der Waals surface area (Å²) in [7, 11) is -1.30. The molecule has 0 radical (unpaired) electrons. The maximum absolute atomic E-state index is 7.68. The van der Waals surface area contributed by atoms with Crippen LogP contribution in [-0.4, -0.2) is 16.9 Å². The first-order chi connectivity index (χ1) is 23.7. The molecule has 1 saturated heterocycles. The third kappa shape index (κ3) is 5.56. The van der Waals surface area contributed by atoms with E-state index < -0.39 is 8.53 Å². The average molecular weight is 660 g/mol. The van der Waals surface area contributed by atoms with E-state index in [2.05, 4.69) is 103 Å². The van der Waals surface area contributed by atoms with Crippen molar-refractivity contribution in [2.45, 2.75) is 115 Å². The predicted molar refractivity (Wildman–Crippen MR) is 200 cm³/mol. The van der Waals surface area contributed by atoms with Gasteiger partial charge < -0.3 is 9.05 Å². The van der Waals surface area contributed by atoms with E-state index in [-0.39, 0.29) is 12.1 Å². The summed E-state index contributed by atoms with van der Waals surface area (Å²) in [4.78, 5) is 0. The number of rotatable bonds is 5. The Kier molecular flexibility index (Phi) is 8.87. The molecule has 4 saturated carbocycles. The zero-order chi connectivity index (χ0) is 32.2. The van der Waals surface area contributed by atoms with Crippen molar-refractivity contribution in [1.29, 1.82) is 0 Å². The van der Waals surface area contributed by atoms with Crippen LogP contribution in [0.5, 0.6) is 0 Å². The summed E-state index contributed by atoms with van der Waals surface area (Å²) >= 11 is 0. The van der Waals surface area contributed by atoms with Crippen molar-refractivity contribution in [2.75, 3.05) is 0 Å². The molecule has 4 heteroatoms. The maximum atomic E-state index is 7.68. The van der Waals surface area contributed by atoms with Gasteiger partial charge in [0, 0.05) is 12.1 Å². The highest BCUT2D eigenvalue weighted by atomic mass is 31.2. The van der Waals surface area contributed by atoms with Crippen LogP contribution >= 0.6 is 8.53 Å². The van der Waals surface area contributed by atoms with Gasteiger partial charge in [-0.3, -0.25) is 0 Å². The van der Waals surface area contributed by atoms with E-state index in [4.69, 9.17) is 9.05 Å². The molecule has 3 nitrogen and oxygen atoms in total. The highest BCUT2D eigenvalue weighted by molar-refractivity contribution is 7.44. The Hall–Kier alpha value is -2.29. The molecule has 0 amide bonds. The van der Waals surface area contributed by atoms with Crippen LogP contribution < -0.4 is 0 Å². The fourth-order valence-corrected chi connectivity index (χ4v) is 13.7. The molecule has 10 atom stereocenters. The van der Waals surface area contributed by atoms with E-state index in [1.807, 2.05) is 0 Å². The monoisotopic (exact) mass is 659 g/mol. The van der Waals surface area contributed by atoms with Crippen LogP contribution in [-0.2, 0) is 9.05 Å². The maximum Gasteiger partial charge on any atom is 0.260 e. The van der Waals surface area contributed by atoms with Gasteiger partial charge in [0.25, 0.3) is 8.53 Å². The van der Waals surface area contributed by atoms with Crippen molar-refractivity contribution in [2.24, 2.45) is 35.5 Å². The number of hydrogen-bond acceptors (Lipinski definition) is 3. The van der Waals surface area contributed by atoms with Crippen LogP contribution in [0.3, 0.4) is 0 Å². The lowest BCUT2D eigenvalue weighted by atomic mass is 9.53. The predicted octanol–water partition coefficient (Wildman–Crippen LogP) is 12.6. The summed E-state index contributed by atoms with van der Waals surface area (Å²) in [6, 6.07) is 31.8. The van der Waals surface area contributed by atoms with Crippen molar-refractivity contribution in [3.05, 3.63) is 96.1 Å². The Morgan fingerprint density at radius 1 is 0.521 bits per heavy atom. The van der Waals surface area contributed by atoms with Crippen LogP contribution in [0.4, 0.5) is 0 Å². The van der Waals surface area contributed by atoms with Crippen LogP contribution in [0.15, 0.2) is 84.9 Å². The average Bonchev–Trinajstić information content (AvgIpc) is 3.31. The van der Waals surface area contributed by atoms with E-state index in [1.54, 1.807) is 0 Å². The zero-order valence-electron chi connectivity index (χ0n) is 29.1. The van der Waals surface area contributed by atoms with Gasteiger partial charge in [-0.05, 0) is 121 Å². The number of hydrogen-bond donors (Lipinski definition) is 0. The lowest BCUT2D eigenvalue weighted by Gasteiger charge is -2.53. The van der Waals surface area contributed by atoms with E-state index in [1.165, 1.54) is 110 Å². The van der Waals surface area contributed by atoms with Gasteiger partial charge in [-0.2, -0.15) is 0 Å². The molecule has 5 aliphatic rings. The Labute approximate surface area is 289 Å². The molecule has 48 heavy (non-hydrogen) atoms. The van der Waals surface area contributed by atoms with Gasteiger partial charge in [0.2, 0.25) is 0 Å². The van der Waals surface area contributed by atoms with Gasteiger partial charge in [0.05, 0.1) is 12.2 Å². The molecule has 1 heterocycles. The molecule has 4 aromatic rings. The summed E-state index contributed by atoms with van der Waals surface area (Å²) in [5.74, 6) is 4.77. The summed E-state index contributed by atoms with van der Waals surface area (Å²) < 4.78 is 18.1. The van der Waals surface area contributed by atoms with Crippen molar-refractivity contribution in [3.8, 4) is 0 Å². The lowest BCUT2D eigenvalue weighted by molar-refractivity contribution is -0.0856. The van der Waals surface area contributed by atoms with Gasteiger partial charge in [0.15, 0.2) is 0 Å². The van der Waals surface area contributed by atoms with Crippen LogP contribution in [0.1, 0.15) is 114 Å². The van der Waals surface area contributed by atoms with Gasteiger partial charge >= 0.3 is 0 Å². The van der Waals surface area contributed by atoms with Crippen molar-refractivity contribution in [3.63, 3.8) is 0 Å². The quantitative estimate of drug-likeness (QED) is 0.199. The largest absolute Gasteiger partial charge is 0.318 e. The summed E-state index contributed by atoms with van der Waals surface area (Å²) in [5.41, 5.74) is 2.75. The van der Waals surface area contributed by atoms with Gasteiger partial charge in [0.1, 0.15) is 0 Å². The van der Waals surface area contributed by atoms with Crippen molar-refractivity contribution < 1.29 is 9.05 Å². The smallest absolute Gasteiger partial charge is 0.260 e. The van der Waals surface area contributed by atoms with E-state index in [0.29, 0.717) is 24.0 Å². The fraction of sp³-hybridized carbons (Fsp3) is 0.545. The second-order valence-electron chi connectivity index (χ2n) is 16.1. The summed E-state index contributed by atoms with van der Waals surface area (Å²) in [6.45, 7) is 4.85. The van der Waals surface area contributed by atoms with Crippen LogP contribution in [0.2, 0.25) is 0 Å². The highest BCUT2D eigenvalue weighted by Gasteiger charge is 2.56. The number of nitrogens with zero attached hydrogens (tertiary/aromatic N) is 1. The first-order valence-electron chi connectivity index (χ1n) is 19.5. The molecule has 0 N–H and O–H groups in total.